The first kappa shape index (κ1) is 21.1. The van der Waals surface area contributed by atoms with Crippen LogP contribution in [0.1, 0.15) is 11.1 Å². The second-order valence-corrected chi connectivity index (χ2v) is 11.0. The fraction of sp³-hybridized carbons (Fsp3) is 0.222. The first-order valence-corrected chi connectivity index (χ1v) is 10.6. The quantitative estimate of drug-likeness (QED) is 0.447. The Morgan fingerprint density at radius 3 is 1.88 bits per heavy atom. The van der Waals surface area contributed by atoms with Gasteiger partial charge in [-0.3, -0.25) is 0 Å². The van der Waals surface area contributed by atoms with Crippen LogP contribution in [0.5, 0.6) is 0 Å². The molecule has 7 heteroatoms. The predicted molar refractivity (Wildman–Crippen MR) is 108 cm³/mol. The number of aliphatic hydroxyl groups is 2. The number of alkyl halides is 3. The summed E-state index contributed by atoms with van der Waals surface area (Å²) in [6.07, 6.45) is 0. The van der Waals surface area contributed by atoms with Crippen LogP contribution in [0.2, 0.25) is 0 Å². The van der Waals surface area contributed by atoms with Gasteiger partial charge < -0.3 is 0 Å². The van der Waals surface area contributed by atoms with Gasteiger partial charge in [-0.15, -0.1) is 0 Å². The fourth-order valence-electron chi connectivity index (χ4n) is 2.15. The second kappa shape index (κ2) is 9.12. The summed E-state index contributed by atoms with van der Waals surface area (Å²) in [6, 6.07) is 18.1. The molecular formula is C18H16Cl4O2Se. The molecule has 0 bridgehead atoms. The second-order valence-electron chi connectivity index (χ2n) is 5.19. The minimum absolute atomic E-state index is 0.305. The first-order valence-electron chi connectivity index (χ1n) is 7.33. The van der Waals surface area contributed by atoms with Gasteiger partial charge in [0.05, 0.1) is 0 Å². The van der Waals surface area contributed by atoms with E-state index in [1.807, 2.05) is 36.4 Å². The third kappa shape index (κ3) is 4.74. The van der Waals surface area contributed by atoms with E-state index in [-0.39, 0.29) is 6.61 Å². The molecule has 0 spiro atoms. The van der Waals surface area contributed by atoms with Crippen molar-refractivity contribution in [3.05, 3.63) is 76.3 Å². The monoisotopic (exact) mass is 484 g/mol. The van der Waals surface area contributed by atoms with Gasteiger partial charge in [0.15, 0.2) is 0 Å². The molecule has 1 unspecified atom stereocenters. The molecule has 134 valence electrons. The third-order valence-electron chi connectivity index (χ3n) is 3.51. The van der Waals surface area contributed by atoms with Crippen LogP contribution in [-0.4, -0.2) is 42.2 Å². The van der Waals surface area contributed by atoms with Crippen LogP contribution in [0.4, 0.5) is 0 Å². The normalized spacial score (nSPS) is 15.4. The Kier molecular flexibility index (Phi) is 7.69. The van der Waals surface area contributed by atoms with Gasteiger partial charge in [-0.2, -0.15) is 0 Å². The molecule has 2 nitrogen and oxygen atoms in total. The Bertz CT molecular complexity index is 722. The van der Waals surface area contributed by atoms with Crippen molar-refractivity contribution in [2.45, 2.75) is 8.11 Å². The molecule has 0 aromatic heterocycles. The molecule has 2 N–H and O–H groups in total. The molecule has 2 aromatic rings. The molecule has 0 saturated heterocycles. The summed E-state index contributed by atoms with van der Waals surface area (Å²) >= 11 is 25.5. The van der Waals surface area contributed by atoms with Gasteiger partial charge in [-0.05, 0) is 0 Å². The van der Waals surface area contributed by atoms with Crippen molar-refractivity contribution < 1.29 is 10.2 Å². The molecule has 25 heavy (non-hydrogen) atoms. The molecule has 0 aliphatic carbocycles. The van der Waals surface area contributed by atoms with Crippen molar-refractivity contribution in [3.63, 3.8) is 0 Å². The van der Waals surface area contributed by atoms with Crippen LogP contribution in [0.15, 0.2) is 65.1 Å². The average molecular weight is 485 g/mol. The van der Waals surface area contributed by atoms with Crippen molar-refractivity contribution in [3.8, 4) is 0 Å². The Morgan fingerprint density at radius 1 is 0.880 bits per heavy atom. The van der Waals surface area contributed by atoms with E-state index in [9.17, 15) is 10.2 Å². The SMILES string of the molecule is OC/C([Se]C(Cl)(CO)C(Cl)(Cl)c1ccccc1)=C(\Cl)c1ccccc1. The van der Waals surface area contributed by atoms with E-state index in [2.05, 4.69) is 0 Å². The Labute approximate surface area is 173 Å². The van der Waals surface area contributed by atoms with Crippen LogP contribution < -0.4 is 0 Å². The number of aliphatic hydroxyl groups excluding tert-OH is 2. The fourth-order valence-corrected chi connectivity index (χ4v) is 5.94. The average Bonchev–Trinajstić information content (AvgIpc) is 2.66. The predicted octanol–water partition coefficient (Wildman–Crippen LogP) is 4.55. The van der Waals surface area contributed by atoms with Crippen molar-refractivity contribution in [1.29, 1.82) is 0 Å². The molecule has 1 atom stereocenters. The molecule has 2 aromatic carbocycles. The maximum absolute atomic E-state index is 9.95. The van der Waals surface area contributed by atoms with E-state index in [1.165, 1.54) is 0 Å². The van der Waals surface area contributed by atoms with E-state index in [1.54, 1.807) is 24.3 Å². The van der Waals surface area contributed by atoms with Gasteiger partial charge in [-0.25, -0.2) is 0 Å². The molecule has 2 rings (SSSR count). The number of rotatable bonds is 7. The molecule has 0 heterocycles. The van der Waals surface area contributed by atoms with Crippen LogP contribution in [0, 0.1) is 0 Å². The first-order chi connectivity index (χ1) is 11.9. The Hall–Kier alpha value is -0.221. The molecule has 0 fully saturated rings. The summed E-state index contributed by atoms with van der Waals surface area (Å²) in [4.78, 5) is 0. The molecule has 0 aliphatic heterocycles. The van der Waals surface area contributed by atoms with E-state index in [4.69, 9.17) is 46.4 Å². The zero-order chi connectivity index (χ0) is 18.5. The van der Waals surface area contributed by atoms with E-state index in [0.717, 1.165) is 5.56 Å². The zero-order valence-corrected chi connectivity index (χ0v) is 17.7. The van der Waals surface area contributed by atoms with Crippen LogP contribution in [0.25, 0.3) is 5.03 Å². The van der Waals surface area contributed by atoms with Crippen molar-refractivity contribution >= 4 is 66.4 Å². The minimum atomic E-state index is -1.56. The molecule has 0 saturated carbocycles. The van der Waals surface area contributed by atoms with Crippen LogP contribution >= 0.6 is 46.4 Å². The van der Waals surface area contributed by atoms with Crippen molar-refractivity contribution in [2.24, 2.45) is 0 Å². The van der Waals surface area contributed by atoms with Crippen molar-refractivity contribution in [1.82, 2.24) is 0 Å². The molecule has 0 aliphatic rings. The van der Waals surface area contributed by atoms with Gasteiger partial charge in [0, 0.05) is 0 Å². The Balaban J connectivity index is 2.42. The maximum atomic E-state index is 9.95. The summed E-state index contributed by atoms with van der Waals surface area (Å²) in [7, 11) is 0. The van der Waals surface area contributed by atoms with Crippen LogP contribution in [0.3, 0.4) is 0 Å². The molecular weight excluding hydrogens is 469 g/mol. The van der Waals surface area contributed by atoms with Gasteiger partial charge in [0.1, 0.15) is 0 Å². The van der Waals surface area contributed by atoms with E-state index >= 15 is 0 Å². The summed E-state index contributed by atoms with van der Waals surface area (Å²) in [5.74, 6) is 0. The third-order valence-corrected chi connectivity index (χ3v) is 9.61. The summed E-state index contributed by atoms with van der Waals surface area (Å²) < 4.78 is -2.46. The van der Waals surface area contributed by atoms with Gasteiger partial charge in [-0.1, -0.05) is 0 Å². The van der Waals surface area contributed by atoms with E-state index < -0.39 is 29.7 Å². The standard InChI is InChI=1S/C18H16Cl4O2Se/c19-16(13-7-3-1-4-8-13)15(11-23)25-17(20,12-24)18(21,22)14-9-5-2-6-10-14/h1-10,23-24H,11-12H2/b16-15+. The summed E-state index contributed by atoms with van der Waals surface area (Å²) in [6.45, 7) is -0.778. The topological polar surface area (TPSA) is 40.5 Å². The van der Waals surface area contributed by atoms with Gasteiger partial charge >= 0.3 is 174 Å². The van der Waals surface area contributed by atoms with Gasteiger partial charge in [0.2, 0.25) is 0 Å². The van der Waals surface area contributed by atoms with Gasteiger partial charge in [0.25, 0.3) is 0 Å². The number of benzene rings is 2. The summed E-state index contributed by atoms with van der Waals surface area (Å²) in [5.41, 5.74) is 1.32. The molecule has 0 radical (unpaired) electrons. The van der Waals surface area contributed by atoms with Crippen LogP contribution in [-0.2, 0) is 4.33 Å². The Morgan fingerprint density at radius 2 is 1.40 bits per heavy atom. The molecule has 0 amide bonds. The number of halogens is 4. The number of hydrogen-bond donors (Lipinski definition) is 2. The van der Waals surface area contributed by atoms with E-state index in [0.29, 0.717) is 15.1 Å². The number of hydrogen-bond acceptors (Lipinski definition) is 2. The zero-order valence-electron chi connectivity index (χ0n) is 13.0. The summed E-state index contributed by atoms with van der Waals surface area (Å²) in [5, 5.41) is 20.1. The van der Waals surface area contributed by atoms with Crippen molar-refractivity contribution in [2.75, 3.05) is 13.2 Å².